The Kier molecular flexibility index (Phi) is 5.83. The van der Waals surface area contributed by atoms with E-state index in [9.17, 15) is 0 Å². The van der Waals surface area contributed by atoms with Gasteiger partial charge in [0.2, 0.25) is 0 Å². The highest BCUT2D eigenvalue weighted by molar-refractivity contribution is 5.40. The number of nitrogens with one attached hydrogen (secondary N) is 1. The number of rotatable bonds is 6. The molecule has 124 valence electrons. The summed E-state index contributed by atoms with van der Waals surface area (Å²) in [6, 6.07) is 9.04. The molecule has 0 spiro atoms. The SMILES string of the molecule is C[C@@H](CN1CCCCCC1)NCc1ccccc1-n1ccnc1. The summed E-state index contributed by atoms with van der Waals surface area (Å²) in [6.07, 6.45) is 11.2. The average Bonchev–Trinajstić information content (AvgIpc) is 2.99. The third-order valence-electron chi connectivity index (χ3n) is 4.65. The van der Waals surface area contributed by atoms with Gasteiger partial charge in [-0.15, -0.1) is 0 Å². The Labute approximate surface area is 139 Å². The number of aromatic nitrogens is 2. The van der Waals surface area contributed by atoms with Crippen molar-refractivity contribution in [2.24, 2.45) is 0 Å². The minimum absolute atomic E-state index is 0.504. The van der Waals surface area contributed by atoms with Crippen LogP contribution in [0.2, 0.25) is 0 Å². The molecule has 0 aliphatic carbocycles. The van der Waals surface area contributed by atoms with Crippen LogP contribution in [0.25, 0.3) is 5.69 Å². The fourth-order valence-electron chi connectivity index (χ4n) is 3.37. The Bertz CT molecular complexity index is 571. The smallest absolute Gasteiger partial charge is 0.0991 e. The molecule has 2 aromatic rings. The van der Waals surface area contributed by atoms with Crippen LogP contribution in [0.3, 0.4) is 0 Å². The van der Waals surface area contributed by atoms with E-state index in [1.807, 2.05) is 18.7 Å². The van der Waals surface area contributed by atoms with Gasteiger partial charge in [-0.3, -0.25) is 0 Å². The summed E-state index contributed by atoms with van der Waals surface area (Å²) in [6.45, 7) is 6.86. The molecule has 0 saturated carbocycles. The highest BCUT2D eigenvalue weighted by Gasteiger charge is 2.13. The normalized spacial score (nSPS) is 17.8. The summed E-state index contributed by atoms with van der Waals surface area (Å²) in [4.78, 5) is 6.77. The Balaban J connectivity index is 1.56. The Morgan fingerprint density at radius 1 is 1.13 bits per heavy atom. The molecule has 0 unspecified atom stereocenters. The van der Waals surface area contributed by atoms with Crippen molar-refractivity contribution in [1.29, 1.82) is 0 Å². The molecule has 2 heterocycles. The average molecular weight is 312 g/mol. The predicted octanol–water partition coefficient (Wildman–Crippen LogP) is 3.23. The number of hydrogen-bond acceptors (Lipinski definition) is 3. The molecule has 1 aliphatic rings. The van der Waals surface area contributed by atoms with Crippen molar-refractivity contribution < 1.29 is 0 Å². The van der Waals surface area contributed by atoms with Crippen LogP contribution in [-0.4, -0.2) is 40.1 Å². The van der Waals surface area contributed by atoms with Gasteiger partial charge < -0.3 is 14.8 Å². The minimum Gasteiger partial charge on any atom is -0.309 e. The van der Waals surface area contributed by atoms with Gasteiger partial charge in [-0.1, -0.05) is 31.0 Å². The summed E-state index contributed by atoms with van der Waals surface area (Å²) in [5.74, 6) is 0. The van der Waals surface area contributed by atoms with Crippen LogP contribution in [0.1, 0.15) is 38.2 Å². The molecule has 0 radical (unpaired) electrons. The molecule has 4 heteroatoms. The number of imidazole rings is 1. The van der Waals surface area contributed by atoms with Crippen molar-refractivity contribution in [3.63, 3.8) is 0 Å². The van der Waals surface area contributed by atoms with Gasteiger partial charge in [0, 0.05) is 31.5 Å². The lowest BCUT2D eigenvalue weighted by atomic mass is 10.1. The van der Waals surface area contributed by atoms with E-state index in [0.29, 0.717) is 6.04 Å². The summed E-state index contributed by atoms with van der Waals surface area (Å²) < 4.78 is 2.08. The second-order valence-electron chi connectivity index (χ2n) is 6.60. The molecule has 23 heavy (non-hydrogen) atoms. The van der Waals surface area contributed by atoms with Gasteiger partial charge in [-0.2, -0.15) is 0 Å². The maximum atomic E-state index is 4.16. The molecule has 1 aromatic heterocycles. The largest absolute Gasteiger partial charge is 0.309 e. The summed E-state index contributed by atoms with van der Waals surface area (Å²) in [5.41, 5.74) is 2.52. The fourth-order valence-corrected chi connectivity index (χ4v) is 3.37. The van der Waals surface area contributed by atoms with Crippen LogP contribution in [0, 0.1) is 0 Å². The highest BCUT2D eigenvalue weighted by atomic mass is 15.1. The lowest BCUT2D eigenvalue weighted by Crippen LogP contribution is -2.39. The van der Waals surface area contributed by atoms with Crippen molar-refractivity contribution >= 4 is 0 Å². The Morgan fingerprint density at radius 3 is 2.65 bits per heavy atom. The molecule has 1 N–H and O–H groups in total. The molecular formula is C19H28N4. The fraction of sp³-hybridized carbons (Fsp3) is 0.526. The van der Waals surface area contributed by atoms with E-state index in [1.54, 1.807) is 0 Å². The monoisotopic (exact) mass is 312 g/mol. The van der Waals surface area contributed by atoms with Gasteiger partial charge >= 0.3 is 0 Å². The molecule has 0 bridgehead atoms. The van der Waals surface area contributed by atoms with E-state index >= 15 is 0 Å². The van der Waals surface area contributed by atoms with Crippen LogP contribution in [-0.2, 0) is 6.54 Å². The van der Waals surface area contributed by atoms with Crippen molar-refractivity contribution in [1.82, 2.24) is 19.8 Å². The zero-order chi connectivity index (χ0) is 15.9. The van der Waals surface area contributed by atoms with E-state index in [1.165, 1.54) is 50.0 Å². The summed E-state index contributed by atoms with van der Waals surface area (Å²) >= 11 is 0. The first-order chi connectivity index (χ1) is 11.3. The zero-order valence-corrected chi connectivity index (χ0v) is 14.1. The van der Waals surface area contributed by atoms with Gasteiger partial charge in [0.05, 0.1) is 12.0 Å². The lowest BCUT2D eigenvalue weighted by Gasteiger charge is -2.25. The zero-order valence-electron chi connectivity index (χ0n) is 14.1. The maximum absolute atomic E-state index is 4.16. The molecule has 3 rings (SSSR count). The van der Waals surface area contributed by atoms with Crippen molar-refractivity contribution in [2.45, 2.75) is 45.2 Å². The minimum atomic E-state index is 0.504. The van der Waals surface area contributed by atoms with Crippen molar-refractivity contribution in [3.05, 3.63) is 48.5 Å². The maximum Gasteiger partial charge on any atom is 0.0991 e. The number of hydrogen-bond donors (Lipinski definition) is 1. The Hall–Kier alpha value is -1.65. The third-order valence-corrected chi connectivity index (χ3v) is 4.65. The van der Waals surface area contributed by atoms with E-state index in [4.69, 9.17) is 0 Å². The molecule has 1 aliphatic heterocycles. The van der Waals surface area contributed by atoms with Crippen LogP contribution in [0.15, 0.2) is 43.0 Å². The van der Waals surface area contributed by atoms with Crippen LogP contribution in [0.5, 0.6) is 0 Å². The number of nitrogens with zero attached hydrogens (tertiary/aromatic N) is 3. The molecular weight excluding hydrogens is 284 g/mol. The molecule has 0 amide bonds. The second kappa shape index (κ2) is 8.27. The molecule has 1 aromatic carbocycles. The summed E-state index contributed by atoms with van der Waals surface area (Å²) in [5, 5.41) is 3.69. The summed E-state index contributed by atoms with van der Waals surface area (Å²) in [7, 11) is 0. The van der Waals surface area contributed by atoms with E-state index in [2.05, 4.69) is 51.0 Å². The van der Waals surface area contributed by atoms with E-state index in [0.717, 1.165) is 13.1 Å². The first kappa shape index (κ1) is 16.2. The van der Waals surface area contributed by atoms with Crippen LogP contribution < -0.4 is 5.32 Å². The van der Waals surface area contributed by atoms with Gasteiger partial charge in [0.15, 0.2) is 0 Å². The first-order valence-electron chi connectivity index (χ1n) is 8.85. The Morgan fingerprint density at radius 2 is 1.91 bits per heavy atom. The van der Waals surface area contributed by atoms with Gasteiger partial charge in [-0.25, -0.2) is 4.98 Å². The van der Waals surface area contributed by atoms with Crippen molar-refractivity contribution in [2.75, 3.05) is 19.6 Å². The van der Waals surface area contributed by atoms with Crippen molar-refractivity contribution in [3.8, 4) is 5.69 Å². The molecule has 1 atom stereocenters. The van der Waals surface area contributed by atoms with E-state index < -0.39 is 0 Å². The topological polar surface area (TPSA) is 33.1 Å². The first-order valence-corrected chi connectivity index (χ1v) is 8.85. The molecule has 1 saturated heterocycles. The van der Waals surface area contributed by atoms with Crippen LogP contribution in [0.4, 0.5) is 0 Å². The number of para-hydroxylation sites is 1. The van der Waals surface area contributed by atoms with Gasteiger partial charge in [0.25, 0.3) is 0 Å². The second-order valence-corrected chi connectivity index (χ2v) is 6.60. The predicted molar refractivity (Wildman–Crippen MR) is 94.8 cm³/mol. The lowest BCUT2D eigenvalue weighted by molar-refractivity contribution is 0.255. The number of likely N-dealkylation sites (tertiary alicyclic amines) is 1. The number of benzene rings is 1. The third kappa shape index (κ3) is 4.66. The van der Waals surface area contributed by atoms with E-state index in [-0.39, 0.29) is 0 Å². The standard InChI is InChI=1S/C19H28N4/c1-17(15-22-11-6-2-3-7-12-22)21-14-18-8-4-5-9-19(18)23-13-10-20-16-23/h4-5,8-10,13,16-17,21H,2-3,6-7,11-12,14-15H2,1H3/t17-/m0/s1. The highest BCUT2D eigenvalue weighted by Crippen LogP contribution is 2.14. The molecule has 1 fully saturated rings. The van der Waals surface area contributed by atoms with Gasteiger partial charge in [-0.05, 0) is 44.5 Å². The van der Waals surface area contributed by atoms with Crippen LogP contribution >= 0.6 is 0 Å². The molecule has 4 nitrogen and oxygen atoms in total. The quantitative estimate of drug-likeness (QED) is 0.889. The van der Waals surface area contributed by atoms with Gasteiger partial charge in [0.1, 0.15) is 0 Å².